The molecular weight excluding hydrogens is 534 g/mol. The Balaban J connectivity index is 1.47. The molecule has 1 saturated heterocycles. The molecule has 3 aromatic carbocycles. The minimum Gasteiger partial charge on any atom is -0.480 e. The molecule has 3 amide bonds. The van der Waals surface area contributed by atoms with Crippen LogP contribution in [0.4, 0.5) is 5.69 Å². The Morgan fingerprint density at radius 3 is 1.93 bits per heavy atom. The summed E-state index contributed by atoms with van der Waals surface area (Å²) in [5.74, 6) is -2.64. The number of aliphatic carboxylic acids is 1. The molecule has 0 aliphatic carbocycles. The number of carboxylic acid groups (broad SMARTS) is 1. The highest BCUT2D eigenvalue weighted by Crippen LogP contribution is 2.20. The van der Waals surface area contributed by atoms with Crippen molar-refractivity contribution in [2.45, 2.75) is 56.3 Å². The predicted octanol–water partition coefficient (Wildman–Crippen LogP) is 1.67. The Labute approximate surface area is 245 Å². The third kappa shape index (κ3) is 8.17. The fourth-order valence-electron chi connectivity index (χ4n) is 5.16. The zero-order valence-electron chi connectivity index (χ0n) is 23.3. The van der Waals surface area contributed by atoms with Gasteiger partial charge >= 0.3 is 5.97 Å². The Morgan fingerprint density at radius 1 is 0.786 bits per heavy atom. The summed E-state index contributed by atoms with van der Waals surface area (Å²) in [5.41, 5.74) is 14.9. The standard InChI is InChI=1S/C32H37N5O5/c33-24-15-13-23(14-16-24)20-27(32(41)42)36-29(38)26(19-22-10-5-2-6-11-22)35-30(39)28-12-7-17-37(28)31(40)25(34)18-21-8-3-1-4-9-21/h1-6,8-11,13-16,25-28H,7,12,17-20,33-34H2,(H,35,39)(H,36,38)(H,41,42)/t25-,26-,27+,28+/m0/s1. The lowest BCUT2D eigenvalue weighted by atomic mass is 10.0. The molecule has 42 heavy (non-hydrogen) atoms. The fourth-order valence-corrected chi connectivity index (χ4v) is 5.16. The lowest BCUT2D eigenvalue weighted by molar-refractivity contribution is -0.143. The molecule has 7 N–H and O–H groups in total. The average Bonchev–Trinajstić information content (AvgIpc) is 3.48. The predicted molar refractivity (Wildman–Crippen MR) is 159 cm³/mol. The Morgan fingerprint density at radius 2 is 1.33 bits per heavy atom. The van der Waals surface area contributed by atoms with Crippen molar-refractivity contribution in [1.29, 1.82) is 0 Å². The van der Waals surface area contributed by atoms with E-state index in [1.165, 1.54) is 4.90 Å². The monoisotopic (exact) mass is 571 g/mol. The van der Waals surface area contributed by atoms with Crippen molar-refractivity contribution in [3.05, 3.63) is 102 Å². The maximum Gasteiger partial charge on any atom is 0.326 e. The maximum atomic E-state index is 13.5. The summed E-state index contributed by atoms with van der Waals surface area (Å²) in [6.45, 7) is 0.387. The first kappa shape index (κ1) is 30.3. The molecule has 1 fully saturated rings. The number of hydrogen-bond acceptors (Lipinski definition) is 6. The van der Waals surface area contributed by atoms with Crippen molar-refractivity contribution in [1.82, 2.24) is 15.5 Å². The molecule has 10 nitrogen and oxygen atoms in total. The number of anilines is 1. The molecule has 0 aromatic heterocycles. The summed E-state index contributed by atoms with van der Waals surface area (Å²) < 4.78 is 0. The summed E-state index contributed by atoms with van der Waals surface area (Å²) in [7, 11) is 0. The number of carbonyl (C=O) groups is 4. The van der Waals surface area contributed by atoms with Crippen LogP contribution in [0, 0.1) is 0 Å². The Kier molecular flexibility index (Phi) is 10.3. The highest BCUT2D eigenvalue weighted by molar-refractivity contribution is 5.94. The van der Waals surface area contributed by atoms with E-state index in [2.05, 4.69) is 10.6 Å². The number of rotatable bonds is 12. The van der Waals surface area contributed by atoms with Gasteiger partial charge in [0.1, 0.15) is 18.1 Å². The van der Waals surface area contributed by atoms with E-state index in [0.717, 1.165) is 11.1 Å². The average molecular weight is 572 g/mol. The summed E-state index contributed by atoms with van der Waals surface area (Å²) in [5, 5.41) is 15.2. The molecule has 1 aliphatic heterocycles. The van der Waals surface area contributed by atoms with E-state index >= 15 is 0 Å². The van der Waals surface area contributed by atoms with Gasteiger partial charge in [-0.15, -0.1) is 0 Å². The molecular formula is C32H37N5O5. The van der Waals surface area contributed by atoms with E-state index < -0.39 is 42.0 Å². The SMILES string of the molecule is Nc1ccc(C[C@@H](NC(=O)[C@H](Cc2ccccc2)NC(=O)[C@H]2CCCN2C(=O)[C@@H](N)Cc2ccccc2)C(=O)O)cc1. The normalized spacial score (nSPS) is 16.7. The summed E-state index contributed by atoms with van der Waals surface area (Å²) >= 11 is 0. The van der Waals surface area contributed by atoms with Gasteiger partial charge in [0.25, 0.3) is 0 Å². The van der Waals surface area contributed by atoms with Gasteiger partial charge in [0.15, 0.2) is 0 Å². The Hall–Kier alpha value is -4.70. The van der Waals surface area contributed by atoms with Crippen LogP contribution >= 0.6 is 0 Å². The van der Waals surface area contributed by atoms with E-state index in [-0.39, 0.29) is 18.7 Å². The molecule has 4 atom stereocenters. The van der Waals surface area contributed by atoms with Gasteiger partial charge in [0.2, 0.25) is 17.7 Å². The lowest BCUT2D eigenvalue weighted by Gasteiger charge is -2.29. The summed E-state index contributed by atoms with van der Waals surface area (Å²) in [6.07, 6.45) is 1.58. The molecule has 10 heteroatoms. The highest BCUT2D eigenvalue weighted by Gasteiger charge is 2.38. The van der Waals surface area contributed by atoms with Gasteiger partial charge in [-0.05, 0) is 48.1 Å². The van der Waals surface area contributed by atoms with Crippen molar-refractivity contribution in [2.75, 3.05) is 12.3 Å². The molecule has 0 bridgehead atoms. The Bertz CT molecular complexity index is 1370. The van der Waals surface area contributed by atoms with Crippen molar-refractivity contribution < 1.29 is 24.3 Å². The number of carbonyl (C=O) groups excluding carboxylic acids is 3. The second-order valence-corrected chi connectivity index (χ2v) is 10.6. The van der Waals surface area contributed by atoms with Crippen LogP contribution in [0.5, 0.6) is 0 Å². The third-order valence-electron chi connectivity index (χ3n) is 7.40. The minimum absolute atomic E-state index is 0.0393. The van der Waals surface area contributed by atoms with Crippen LogP contribution in [0.1, 0.15) is 29.5 Å². The zero-order chi connectivity index (χ0) is 30.1. The lowest BCUT2D eigenvalue weighted by Crippen LogP contribution is -2.57. The fraction of sp³-hybridized carbons (Fsp3) is 0.312. The van der Waals surface area contributed by atoms with Crippen molar-refractivity contribution >= 4 is 29.4 Å². The molecule has 0 saturated carbocycles. The van der Waals surface area contributed by atoms with E-state index in [1.54, 1.807) is 24.3 Å². The molecule has 0 unspecified atom stereocenters. The molecule has 0 spiro atoms. The van der Waals surface area contributed by atoms with E-state index in [9.17, 15) is 24.3 Å². The number of nitrogens with zero attached hydrogens (tertiary/aromatic N) is 1. The molecule has 1 aliphatic rings. The molecule has 220 valence electrons. The second-order valence-electron chi connectivity index (χ2n) is 10.6. The quantitative estimate of drug-likeness (QED) is 0.206. The highest BCUT2D eigenvalue weighted by atomic mass is 16.4. The largest absolute Gasteiger partial charge is 0.480 e. The number of hydrogen-bond donors (Lipinski definition) is 5. The number of nitrogens with one attached hydrogen (secondary N) is 2. The van der Waals surface area contributed by atoms with Crippen LogP contribution in [-0.4, -0.2) is 64.4 Å². The van der Waals surface area contributed by atoms with Gasteiger partial charge in [0, 0.05) is 25.1 Å². The topological polar surface area (TPSA) is 168 Å². The number of nitrogen functional groups attached to an aromatic ring is 1. The van der Waals surface area contributed by atoms with Gasteiger partial charge in [-0.25, -0.2) is 4.79 Å². The summed E-state index contributed by atoms with van der Waals surface area (Å²) in [6, 6.07) is 21.4. The van der Waals surface area contributed by atoms with Gasteiger partial charge in [0.05, 0.1) is 6.04 Å². The van der Waals surface area contributed by atoms with E-state index in [1.807, 2.05) is 60.7 Å². The second kappa shape index (κ2) is 14.3. The van der Waals surface area contributed by atoms with Crippen LogP contribution in [0.25, 0.3) is 0 Å². The first-order chi connectivity index (χ1) is 20.2. The van der Waals surface area contributed by atoms with Crippen LogP contribution in [0.3, 0.4) is 0 Å². The van der Waals surface area contributed by atoms with Crippen LogP contribution in [-0.2, 0) is 38.4 Å². The van der Waals surface area contributed by atoms with Crippen molar-refractivity contribution in [3.63, 3.8) is 0 Å². The number of carboxylic acids is 1. The summed E-state index contributed by atoms with van der Waals surface area (Å²) in [4.78, 5) is 53.8. The van der Waals surface area contributed by atoms with Gasteiger partial charge in [-0.2, -0.15) is 0 Å². The van der Waals surface area contributed by atoms with Gasteiger partial charge in [-0.1, -0.05) is 72.8 Å². The zero-order valence-corrected chi connectivity index (χ0v) is 23.3. The number of amides is 3. The third-order valence-corrected chi connectivity index (χ3v) is 7.40. The van der Waals surface area contributed by atoms with Crippen molar-refractivity contribution in [2.24, 2.45) is 5.73 Å². The van der Waals surface area contributed by atoms with Gasteiger partial charge in [-0.3, -0.25) is 14.4 Å². The minimum atomic E-state index is -1.23. The molecule has 1 heterocycles. The first-order valence-electron chi connectivity index (χ1n) is 14.0. The molecule has 0 radical (unpaired) electrons. The van der Waals surface area contributed by atoms with Crippen LogP contribution < -0.4 is 22.1 Å². The smallest absolute Gasteiger partial charge is 0.326 e. The maximum absolute atomic E-state index is 13.5. The van der Waals surface area contributed by atoms with Crippen LogP contribution in [0.2, 0.25) is 0 Å². The van der Waals surface area contributed by atoms with E-state index in [4.69, 9.17) is 11.5 Å². The number of likely N-dealkylation sites (tertiary alicyclic amines) is 1. The first-order valence-corrected chi connectivity index (χ1v) is 14.0. The van der Waals surface area contributed by atoms with E-state index in [0.29, 0.717) is 37.1 Å². The number of benzene rings is 3. The van der Waals surface area contributed by atoms with Gasteiger partial charge < -0.3 is 32.1 Å². The van der Waals surface area contributed by atoms with Crippen LogP contribution in [0.15, 0.2) is 84.9 Å². The molecule has 3 aromatic rings. The molecule has 4 rings (SSSR count). The van der Waals surface area contributed by atoms with Crippen molar-refractivity contribution in [3.8, 4) is 0 Å². The number of nitrogens with two attached hydrogens (primary N) is 2.